The second-order valence-corrected chi connectivity index (χ2v) is 7.94. The molecule has 2 aromatic heterocycles. The van der Waals surface area contributed by atoms with Gasteiger partial charge in [-0.2, -0.15) is 9.67 Å². The zero-order valence-electron chi connectivity index (χ0n) is 16.4. The SMILES string of the molecule is CC(C)COc1nc(-c2ccc(C(C)(C)C)cc2)n(C(=O)c2ccco2)n1. The summed E-state index contributed by atoms with van der Waals surface area (Å²) in [5.74, 6) is 0.563. The molecule has 2 heterocycles. The number of rotatable bonds is 5. The molecule has 0 atom stereocenters. The van der Waals surface area contributed by atoms with Gasteiger partial charge in [-0.3, -0.25) is 4.79 Å². The molecule has 0 amide bonds. The van der Waals surface area contributed by atoms with Gasteiger partial charge in [0.05, 0.1) is 12.9 Å². The van der Waals surface area contributed by atoms with Crippen molar-refractivity contribution >= 4 is 5.91 Å². The second kappa shape index (κ2) is 7.39. The van der Waals surface area contributed by atoms with Crippen LogP contribution in [0.15, 0.2) is 47.1 Å². The summed E-state index contributed by atoms with van der Waals surface area (Å²) >= 11 is 0. The molecule has 0 aliphatic carbocycles. The van der Waals surface area contributed by atoms with Crippen LogP contribution < -0.4 is 4.74 Å². The quantitative estimate of drug-likeness (QED) is 0.661. The second-order valence-electron chi connectivity index (χ2n) is 7.94. The van der Waals surface area contributed by atoms with E-state index in [1.165, 1.54) is 16.5 Å². The first-order chi connectivity index (χ1) is 12.8. The first-order valence-corrected chi connectivity index (χ1v) is 9.04. The van der Waals surface area contributed by atoms with Crippen molar-refractivity contribution in [2.24, 2.45) is 5.92 Å². The van der Waals surface area contributed by atoms with Crippen molar-refractivity contribution < 1.29 is 13.9 Å². The standard InChI is InChI=1S/C21H25N3O3/c1-14(2)13-27-20-22-18(15-8-10-16(11-9-15)21(3,4)5)24(23-20)19(25)17-7-6-12-26-17/h6-12,14H,13H2,1-5H3. The molecule has 0 saturated heterocycles. The molecule has 0 saturated carbocycles. The van der Waals surface area contributed by atoms with Gasteiger partial charge in [0.25, 0.3) is 0 Å². The molecule has 1 aromatic carbocycles. The van der Waals surface area contributed by atoms with Gasteiger partial charge in [-0.15, -0.1) is 5.10 Å². The molecule has 0 fully saturated rings. The molecule has 0 N–H and O–H groups in total. The number of hydrogen-bond acceptors (Lipinski definition) is 5. The van der Waals surface area contributed by atoms with Crippen LogP contribution in [-0.4, -0.2) is 27.3 Å². The predicted molar refractivity (Wildman–Crippen MR) is 103 cm³/mol. The van der Waals surface area contributed by atoms with Gasteiger partial charge in [0, 0.05) is 5.56 Å². The summed E-state index contributed by atoms with van der Waals surface area (Å²) in [4.78, 5) is 17.2. The van der Waals surface area contributed by atoms with E-state index in [0.29, 0.717) is 18.3 Å². The fourth-order valence-corrected chi connectivity index (χ4v) is 2.55. The fourth-order valence-electron chi connectivity index (χ4n) is 2.55. The number of nitrogens with zero attached hydrogens (tertiary/aromatic N) is 3. The Balaban J connectivity index is 2.00. The Morgan fingerprint density at radius 3 is 2.44 bits per heavy atom. The predicted octanol–water partition coefficient (Wildman–Crippen LogP) is 4.56. The highest BCUT2D eigenvalue weighted by atomic mass is 16.5. The van der Waals surface area contributed by atoms with Gasteiger partial charge in [-0.1, -0.05) is 58.9 Å². The highest BCUT2D eigenvalue weighted by molar-refractivity contribution is 5.94. The van der Waals surface area contributed by atoms with Crippen molar-refractivity contribution in [2.75, 3.05) is 6.61 Å². The van der Waals surface area contributed by atoms with Crippen molar-refractivity contribution in [3.63, 3.8) is 0 Å². The molecule has 142 valence electrons. The summed E-state index contributed by atoms with van der Waals surface area (Å²) in [5, 5.41) is 4.26. The summed E-state index contributed by atoms with van der Waals surface area (Å²) < 4.78 is 12.1. The molecule has 3 rings (SSSR count). The maximum absolute atomic E-state index is 12.8. The number of hydrogen-bond donors (Lipinski definition) is 0. The molecule has 6 nitrogen and oxygen atoms in total. The largest absolute Gasteiger partial charge is 0.462 e. The molecule has 0 aliphatic rings. The van der Waals surface area contributed by atoms with Gasteiger partial charge in [-0.25, -0.2) is 0 Å². The smallest absolute Gasteiger partial charge is 0.336 e. The first-order valence-electron chi connectivity index (χ1n) is 9.04. The van der Waals surface area contributed by atoms with E-state index in [0.717, 1.165) is 5.56 Å². The fraction of sp³-hybridized carbons (Fsp3) is 0.381. The van der Waals surface area contributed by atoms with E-state index in [-0.39, 0.29) is 23.1 Å². The maximum atomic E-state index is 12.8. The van der Waals surface area contributed by atoms with Crippen LogP contribution >= 0.6 is 0 Å². The van der Waals surface area contributed by atoms with E-state index in [4.69, 9.17) is 9.15 Å². The minimum Gasteiger partial charge on any atom is -0.462 e. The monoisotopic (exact) mass is 367 g/mol. The van der Waals surface area contributed by atoms with E-state index in [1.807, 2.05) is 38.1 Å². The molecule has 0 aliphatic heterocycles. The molecular weight excluding hydrogens is 342 g/mol. The summed E-state index contributed by atoms with van der Waals surface area (Å²) in [5.41, 5.74) is 2.03. The Bertz CT molecular complexity index is 901. The number of carbonyl (C=O) groups excluding carboxylic acids is 1. The van der Waals surface area contributed by atoms with Crippen LogP contribution in [0.3, 0.4) is 0 Å². The zero-order valence-corrected chi connectivity index (χ0v) is 16.4. The van der Waals surface area contributed by atoms with Crippen molar-refractivity contribution in [3.05, 3.63) is 54.0 Å². The maximum Gasteiger partial charge on any atom is 0.336 e. The van der Waals surface area contributed by atoms with Crippen LogP contribution in [0.2, 0.25) is 0 Å². The average molecular weight is 367 g/mol. The number of carbonyl (C=O) groups is 1. The summed E-state index contributed by atoms with van der Waals surface area (Å²) in [7, 11) is 0. The van der Waals surface area contributed by atoms with Crippen LogP contribution in [-0.2, 0) is 5.41 Å². The van der Waals surface area contributed by atoms with Crippen LogP contribution in [0, 0.1) is 5.92 Å². The van der Waals surface area contributed by atoms with Crippen LogP contribution in [0.1, 0.15) is 50.7 Å². The highest BCUT2D eigenvalue weighted by Gasteiger charge is 2.22. The van der Waals surface area contributed by atoms with E-state index < -0.39 is 0 Å². The lowest BCUT2D eigenvalue weighted by Gasteiger charge is -2.19. The molecule has 3 aromatic rings. The normalized spacial score (nSPS) is 11.8. The molecule has 27 heavy (non-hydrogen) atoms. The summed E-state index contributed by atoms with van der Waals surface area (Å²) in [6.07, 6.45) is 1.46. The Labute approximate surface area is 159 Å². The Morgan fingerprint density at radius 2 is 1.89 bits per heavy atom. The third-order valence-corrected chi connectivity index (χ3v) is 4.07. The Kier molecular flexibility index (Phi) is 5.17. The zero-order chi connectivity index (χ0) is 19.6. The molecule has 0 spiro atoms. The summed E-state index contributed by atoms with van der Waals surface area (Å²) in [6, 6.07) is 11.4. The number of aromatic nitrogens is 3. The van der Waals surface area contributed by atoms with Gasteiger partial charge in [0.15, 0.2) is 11.6 Å². The van der Waals surface area contributed by atoms with E-state index in [9.17, 15) is 4.79 Å². The minimum absolute atomic E-state index is 0.0434. The topological polar surface area (TPSA) is 70.2 Å². The van der Waals surface area contributed by atoms with Gasteiger partial charge in [0.1, 0.15) is 0 Å². The molecule has 6 heteroatoms. The van der Waals surface area contributed by atoms with Crippen molar-refractivity contribution in [1.82, 2.24) is 14.8 Å². The molecule has 0 bridgehead atoms. The van der Waals surface area contributed by atoms with E-state index in [2.05, 4.69) is 30.9 Å². The number of furan rings is 1. The van der Waals surface area contributed by atoms with E-state index >= 15 is 0 Å². The number of benzene rings is 1. The lowest BCUT2D eigenvalue weighted by molar-refractivity contribution is 0.0916. The molecule has 0 unspecified atom stereocenters. The molecule has 0 radical (unpaired) electrons. The van der Waals surface area contributed by atoms with Crippen molar-refractivity contribution in [1.29, 1.82) is 0 Å². The van der Waals surface area contributed by atoms with Crippen molar-refractivity contribution in [3.8, 4) is 17.4 Å². The highest BCUT2D eigenvalue weighted by Crippen LogP contribution is 2.27. The lowest BCUT2D eigenvalue weighted by atomic mass is 9.87. The Morgan fingerprint density at radius 1 is 1.19 bits per heavy atom. The van der Waals surface area contributed by atoms with E-state index in [1.54, 1.807) is 12.1 Å². The third-order valence-electron chi connectivity index (χ3n) is 4.07. The average Bonchev–Trinajstić information content (AvgIpc) is 3.29. The van der Waals surface area contributed by atoms with Crippen LogP contribution in [0.4, 0.5) is 0 Å². The van der Waals surface area contributed by atoms with Gasteiger partial charge < -0.3 is 9.15 Å². The molecular formula is C21H25N3O3. The first kappa shape index (κ1) is 18.9. The van der Waals surface area contributed by atoms with Gasteiger partial charge in [-0.05, 0) is 29.0 Å². The van der Waals surface area contributed by atoms with Crippen LogP contribution in [0.5, 0.6) is 6.01 Å². The van der Waals surface area contributed by atoms with Gasteiger partial charge >= 0.3 is 11.9 Å². The minimum atomic E-state index is -0.387. The lowest BCUT2D eigenvalue weighted by Crippen LogP contribution is -2.15. The Hall–Kier alpha value is -2.89. The third kappa shape index (κ3) is 4.27. The van der Waals surface area contributed by atoms with Crippen molar-refractivity contribution in [2.45, 2.75) is 40.0 Å². The summed E-state index contributed by atoms with van der Waals surface area (Å²) in [6.45, 7) is 11.0. The van der Waals surface area contributed by atoms with Gasteiger partial charge in [0.2, 0.25) is 0 Å². The number of ether oxygens (including phenoxy) is 1. The van der Waals surface area contributed by atoms with Crippen LogP contribution in [0.25, 0.3) is 11.4 Å².